The molecule has 2 fully saturated rings. The van der Waals surface area contributed by atoms with Crippen LogP contribution >= 0.6 is 0 Å². The molecule has 2 aliphatic heterocycles. The quantitative estimate of drug-likeness (QED) is 0.861. The Balaban J connectivity index is 1.45. The first-order valence-corrected chi connectivity index (χ1v) is 9.15. The predicted octanol–water partition coefficient (Wildman–Crippen LogP) is 0.709. The minimum atomic E-state index is -0.636. The van der Waals surface area contributed by atoms with Crippen LogP contribution in [0, 0.1) is 0 Å². The standard InChI is InChI=1S/C19H23N3O4/c1-12-11-21(8-9-26-12)16(23)10-20-18(24)17-14-4-2-3-5-15(14)19(25)22(17)13-6-7-13/h2-5,12-13,17H,6-11H2,1H3,(H,20,24)/t12-,17-/m0/s1. The third-order valence-corrected chi connectivity index (χ3v) is 5.19. The van der Waals surface area contributed by atoms with Crippen LogP contribution < -0.4 is 5.32 Å². The van der Waals surface area contributed by atoms with Crippen molar-refractivity contribution in [2.24, 2.45) is 0 Å². The lowest BCUT2D eigenvalue weighted by Crippen LogP contribution is -2.49. The van der Waals surface area contributed by atoms with Gasteiger partial charge in [-0.1, -0.05) is 18.2 Å². The van der Waals surface area contributed by atoms with Crippen molar-refractivity contribution in [2.75, 3.05) is 26.2 Å². The van der Waals surface area contributed by atoms with Gasteiger partial charge in [-0.05, 0) is 31.4 Å². The highest BCUT2D eigenvalue weighted by Gasteiger charge is 2.47. The maximum Gasteiger partial charge on any atom is 0.255 e. The Hall–Kier alpha value is -2.41. The van der Waals surface area contributed by atoms with Gasteiger partial charge in [-0.15, -0.1) is 0 Å². The largest absolute Gasteiger partial charge is 0.375 e. The molecule has 3 amide bonds. The molecule has 0 unspecified atom stereocenters. The lowest BCUT2D eigenvalue weighted by molar-refractivity contribution is -0.139. The van der Waals surface area contributed by atoms with Gasteiger partial charge in [0, 0.05) is 24.7 Å². The Bertz CT molecular complexity index is 746. The lowest BCUT2D eigenvalue weighted by atomic mass is 10.0. The fourth-order valence-corrected chi connectivity index (χ4v) is 3.75. The molecule has 3 aliphatic rings. The van der Waals surface area contributed by atoms with Crippen molar-refractivity contribution in [2.45, 2.75) is 38.0 Å². The summed E-state index contributed by atoms with van der Waals surface area (Å²) in [5.74, 6) is -0.495. The number of rotatable bonds is 4. The third kappa shape index (κ3) is 3.07. The SMILES string of the molecule is C[C@H]1CN(C(=O)CNC(=O)[C@@H]2c3ccccc3C(=O)N2C2CC2)CCO1. The zero-order valence-electron chi connectivity index (χ0n) is 14.8. The first kappa shape index (κ1) is 17.0. The molecule has 4 rings (SSSR count). The number of nitrogens with zero attached hydrogens (tertiary/aromatic N) is 2. The van der Waals surface area contributed by atoms with Crippen LogP contribution in [0.15, 0.2) is 24.3 Å². The second-order valence-electron chi connectivity index (χ2n) is 7.17. The average Bonchev–Trinajstić information content (AvgIpc) is 3.44. The van der Waals surface area contributed by atoms with Crippen LogP contribution in [-0.2, 0) is 14.3 Å². The molecule has 7 nitrogen and oxygen atoms in total. The number of ether oxygens (including phenoxy) is 1. The number of hydrogen-bond acceptors (Lipinski definition) is 4. The predicted molar refractivity (Wildman–Crippen MR) is 93.4 cm³/mol. The fraction of sp³-hybridized carbons (Fsp3) is 0.526. The molecule has 1 saturated heterocycles. The van der Waals surface area contributed by atoms with Crippen molar-refractivity contribution in [1.29, 1.82) is 0 Å². The summed E-state index contributed by atoms with van der Waals surface area (Å²) in [7, 11) is 0. The van der Waals surface area contributed by atoms with Gasteiger partial charge in [-0.25, -0.2) is 0 Å². The highest BCUT2D eigenvalue weighted by Crippen LogP contribution is 2.41. The van der Waals surface area contributed by atoms with E-state index in [2.05, 4.69) is 5.32 Å². The molecule has 0 radical (unpaired) electrons. The van der Waals surface area contributed by atoms with Crippen LogP contribution in [0.2, 0.25) is 0 Å². The molecule has 2 atom stereocenters. The van der Waals surface area contributed by atoms with E-state index in [4.69, 9.17) is 4.74 Å². The van der Waals surface area contributed by atoms with Crippen molar-refractivity contribution in [3.63, 3.8) is 0 Å². The Morgan fingerprint density at radius 1 is 1.27 bits per heavy atom. The van der Waals surface area contributed by atoms with E-state index in [1.165, 1.54) is 0 Å². The first-order chi connectivity index (χ1) is 12.6. The van der Waals surface area contributed by atoms with Gasteiger partial charge in [-0.2, -0.15) is 0 Å². The van der Waals surface area contributed by atoms with Crippen LogP contribution in [0.25, 0.3) is 0 Å². The number of nitrogens with one attached hydrogen (secondary N) is 1. The number of fused-ring (bicyclic) bond motifs is 1. The van der Waals surface area contributed by atoms with Crippen LogP contribution in [0.1, 0.15) is 41.7 Å². The lowest BCUT2D eigenvalue weighted by Gasteiger charge is -2.31. The van der Waals surface area contributed by atoms with Crippen molar-refractivity contribution in [3.05, 3.63) is 35.4 Å². The summed E-state index contributed by atoms with van der Waals surface area (Å²) >= 11 is 0. The Labute approximate surface area is 152 Å². The van der Waals surface area contributed by atoms with E-state index in [-0.39, 0.29) is 36.4 Å². The number of morpholine rings is 1. The smallest absolute Gasteiger partial charge is 0.255 e. The molecule has 0 bridgehead atoms. The molecule has 138 valence electrons. The molecule has 2 heterocycles. The number of carbonyl (C=O) groups is 3. The van der Waals surface area contributed by atoms with E-state index in [0.717, 1.165) is 18.4 Å². The molecule has 7 heteroatoms. The highest BCUT2D eigenvalue weighted by atomic mass is 16.5. The van der Waals surface area contributed by atoms with Crippen LogP contribution in [0.3, 0.4) is 0 Å². The van der Waals surface area contributed by atoms with Crippen LogP contribution in [0.5, 0.6) is 0 Å². The van der Waals surface area contributed by atoms with E-state index >= 15 is 0 Å². The molecule has 0 spiro atoms. The topological polar surface area (TPSA) is 79.0 Å². The van der Waals surface area contributed by atoms with Gasteiger partial charge in [0.15, 0.2) is 0 Å². The second-order valence-corrected chi connectivity index (χ2v) is 7.17. The summed E-state index contributed by atoms with van der Waals surface area (Å²) in [6.07, 6.45) is 1.86. The monoisotopic (exact) mass is 357 g/mol. The molecule has 1 aromatic carbocycles. The molecule has 1 N–H and O–H groups in total. The fourth-order valence-electron chi connectivity index (χ4n) is 3.75. The Kier molecular flexibility index (Phi) is 4.40. The summed E-state index contributed by atoms with van der Waals surface area (Å²) in [4.78, 5) is 41.3. The molecule has 0 aromatic heterocycles. The zero-order valence-corrected chi connectivity index (χ0v) is 14.8. The number of amides is 3. The summed E-state index contributed by atoms with van der Waals surface area (Å²) in [5.41, 5.74) is 1.32. The maximum atomic E-state index is 12.8. The summed E-state index contributed by atoms with van der Waals surface area (Å²) < 4.78 is 5.44. The number of benzene rings is 1. The van der Waals surface area contributed by atoms with E-state index in [1.54, 1.807) is 15.9 Å². The maximum absolute atomic E-state index is 12.8. The van der Waals surface area contributed by atoms with E-state index < -0.39 is 6.04 Å². The number of hydrogen-bond donors (Lipinski definition) is 1. The van der Waals surface area contributed by atoms with E-state index in [9.17, 15) is 14.4 Å². The van der Waals surface area contributed by atoms with Crippen LogP contribution in [-0.4, -0.2) is 65.9 Å². The van der Waals surface area contributed by atoms with Gasteiger partial charge < -0.3 is 19.9 Å². The molecule has 26 heavy (non-hydrogen) atoms. The summed E-state index contributed by atoms with van der Waals surface area (Å²) in [6.45, 7) is 3.45. The zero-order chi connectivity index (χ0) is 18.3. The minimum Gasteiger partial charge on any atom is -0.375 e. The van der Waals surface area contributed by atoms with Crippen molar-refractivity contribution in [3.8, 4) is 0 Å². The van der Waals surface area contributed by atoms with Gasteiger partial charge in [0.2, 0.25) is 11.8 Å². The molecule has 1 aromatic rings. The van der Waals surface area contributed by atoms with Crippen LogP contribution in [0.4, 0.5) is 0 Å². The Morgan fingerprint density at radius 2 is 2.04 bits per heavy atom. The minimum absolute atomic E-state index is 0.00749. The van der Waals surface area contributed by atoms with E-state index in [0.29, 0.717) is 25.3 Å². The van der Waals surface area contributed by atoms with E-state index in [1.807, 2.05) is 25.1 Å². The number of carbonyl (C=O) groups excluding carboxylic acids is 3. The first-order valence-electron chi connectivity index (χ1n) is 9.15. The van der Waals surface area contributed by atoms with Crippen molar-refractivity contribution < 1.29 is 19.1 Å². The summed E-state index contributed by atoms with van der Waals surface area (Å²) in [5, 5.41) is 2.75. The summed E-state index contributed by atoms with van der Waals surface area (Å²) in [6, 6.07) is 6.73. The Morgan fingerprint density at radius 3 is 2.77 bits per heavy atom. The average molecular weight is 357 g/mol. The third-order valence-electron chi connectivity index (χ3n) is 5.19. The molecule has 1 saturated carbocycles. The normalized spacial score (nSPS) is 25.2. The molecular weight excluding hydrogens is 334 g/mol. The van der Waals surface area contributed by atoms with Gasteiger partial charge in [-0.3, -0.25) is 14.4 Å². The second kappa shape index (κ2) is 6.72. The van der Waals surface area contributed by atoms with Gasteiger partial charge in [0.05, 0.1) is 19.3 Å². The molecular formula is C19H23N3O4. The van der Waals surface area contributed by atoms with Gasteiger partial charge in [0.25, 0.3) is 5.91 Å². The highest BCUT2D eigenvalue weighted by molar-refractivity contribution is 6.05. The van der Waals surface area contributed by atoms with Gasteiger partial charge in [0.1, 0.15) is 6.04 Å². The van der Waals surface area contributed by atoms with Gasteiger partial charge >= 0.3 is 0 Å². The van der Waals surface area contributed by atoms with Crippen molar-refractivity contribution in [1.82, 2.24) is 15.1 Å². The molecule has 1 aliphatic carbocycles. The van der Waals surface area contributed by atoms with Crippen molar-refractivity contribution >= 4 is 17.7 Å².